The molecule has 0 bridgehead atoms. The van der Waals surface area contributed by atoms with Crippen LogP contribution in [0.4, 0.5) is 0 Å². The van der Waals surface area contributed by atoms with E-state index in [1.807, 2.05) is 26.0 Å². The Kier molecular flexibility index (Phi) is 8.47. The lowest BCUT2D eigenvalue weighted by atomic mass is 9.86. The van der Waals surface area contributed by atoms with Gasteiger partial charge in [0.2, 0.25) is 15.7 Å². The average Bonchev–Trinajstić information content (AvgIpc) is 3.49. The third kappa shape index (κ3) is 6.90. The molecule has 3 unspecified atom stereocenters. The zero-order valence-corrected chi connectivity index (χ0v) is 22.6. The minimum atomic E-state index is -3.79. The van der Waals surface area contributed by atoms with E-state index in [2.05, 4.69) is 26.7 Å². The van der Waals surface area contributed by atoms with Crippen LogP contribution in [-0.2, 0) is 36.1 Å². The molecule has 0 aliphatic carbocycles. The number of amides is 1. The predicted octanol–water partition coefficient (Wildman–Crippen LogP) is 2.36. The van der Waals surface area contributed by atoms with E-state index in [0.717, 1.165) is 11.1 Å². The number of nitriles is 1. The van der Waals surface area contributed by atoms with Gasteiger partial charge in [-0.2, -0.15) is 5.26 Å². The zero-order chi connectivity index (χ0) is 28.0. The van der Waals surface area contributed by atoms with E-state index in [1.165, 1.54) is 18.5 Å². The molecule has 0 saturated carbocycles. The number of nitrogens with zero attached hydrogens (tertiary/aromatic N) is 2. The van der Waals surface area contributed by atoms with Crippen LogP contribution in [0.1, 0.15) is 35.7 Å². The molecule has 1 aliphatic heterocycles. The molecule has 10 nitrogen and oxygen atoms in total. The van der Waals surface area contributed by atoms with Gasteiger partial charge in [-0.05, 0) is 50.1 Å². The summed E-state index contributed by atoms with van der Waals surface area (Å²) >= 11 is 0. The van der Waals surface area contributed by atoms with Crippen molar-refractivity contribution in [3.05, 3.63) is 83.4 Å². The van der Waals surface area contributed by atoms with Crippen molar-refractivity contribution >= 4 is 21.7 Å². The molecule has 1 fully saturated rings. The fourth-order valence-electron chi connectivity index (χ4n) is 4.63. The van der Waals surface area contributed by atoms with Crippen LogP contribution in [0.5, 0.6) is 0 Å². The molecule has 1 amide bonds. The number of aromatic nitrogens is 2. The van der Waals surface area contributed by atoms with E-state index in [1.54, 1.807) is 30.5 Å². The number of sulfone groups is 1. The summed E-state index contributed by atoms with van der Waals surface area (Å²) in [6.07, 6.45) is 3.85. The quantitative estimate of drug-likeness (QED) is 0.344. The Bertz CT molecular complexity index is 1450. The molecule has 1 aliphatic rings. The summed E-state index contributed by atoms with van der Waals surface area (Å²) < 4.78 is 30.3. The molecule has 204 valence electrons. The van der Waals surface area contributed by atoms with Gasteiger partial charge in [0.15, 0.2) is 5.94 Å². The Balaban J connectivity index is 1.40. The van der Waals surface area contributed by atoms with Crippen molar-refractivity contribution in [2.75, 3.05) is 19.0 Å². The molecule has 0 spiro atoms. The van der Waals surface area contributed by atoms with Gasteiger partial charge in [-0.25, -0.2) is 13.4 Å². The number of imidazole rings is 1. The smallest absolute Gasteiger partial charge is 0.311 e. The fourth-order valence-corrected chi connectivity index (χ4v) is 5.59. The minimum Gasteiger partial charge on any atom is -0.449 e. The van der Waals surface area contributed by atoms with Crippen molar-refractivity contribution < 1.29 is 22.7 Å². The first-order valence-electron chi connectivity index (χ1n) is 12.6. The number of hydrogen-bond donors (Lipinski definition) is 3. The molecule has 4 rings (SSSR count). The van der Waals surface area contributed by atoms with Crippen LogP contribution in [0, 0.1) is 30.1 Å². The van der Waals surface area contributed by atoms with Crippen LogP contribution < -0.4 is 10.6 Å². The summed E-state index contributed by atoms with van der Waals surface area (Å²) in [6, 6.07) is 15.6. The molecule has 11 heteroatoms. The maximum Gasteiger partial charge on any atom is 0.311 e. The summed E-state index contributed by atoms with van der Waals surface area (Å²) in [5, 5.41) is 15.3. The number of carbonyl (C=O) groups excluding carboxylic acids is 2. The number of carbonyl (C=O) groups is 2. The number of aryl methyl sites for hydroxylation is 1. The third-order valence-electron chi connectivity index (χ3n) is 6.92. The lowest BCUT2D eigenvalue weighted by molar-refractivity contribution is -0.148. The number of hydrogen-bond acceptors (Lipinski definition) is 8. The molecular formula is C28H31N5O5S. The number of nitrogens with one attached hydrogen (secondary N) is 3. The Labute approximate surface area is 227 Å². The topological polar surface area (TPSA) is 154 Å². The van der Waals surface area contributed by atoms with E-state index in [0.29, 0.717) is 24.2 Å². The molecule has 1 aromatic heterocycles. The highest BCUT2D eigenvalue weighted by molar-refractivity contribution is 7.91. The first-order valence-corrected chi connectivity index (χ1v) is 14.2. The van der Waals surface area contributed by atoms with Crippen molar-refractivity contribution in [3.8, 4) is 6.07 Å². The first kappa shape index (κ1) is 28.0. The zero-order valence-electron chi connectivity index (χ0n) is 21.8. The first-order chi connectivity index (χ1) is 18.6. The van der Waals surface area contributed by atoms with Crippen molar-refractivity contribution in [2.45, 2.75) is 37.1 Å². The summed E-state index contributed by atoms with van der Waals surface area (Å²) in [5.74, 6) is -2.87. The van der Waals surface area contributed by atoms with E-state index >= 15 is 0 Å². The van der Waals surface area contributed by atoms with E-state index in [-0.39, 0.29) is 23.8 Å². The van der Waals surface area contributed by atoms with Gasteiger partial charge in [-0.3, -0.25) is 9.59 Å². The van der Waals surface area contributed by atoms with Crippen LogP contribution >= 0.6 is 0 Å². The van der Waals surface area contributed by atoms with Crippen LogP contribution in [-0.4, -0.2) is 49.3 Å². The second kappa shape index (κ2) is 11.8. The van der Waals surface area contributed by atoms with E-state index in [9.17, 15) is 18.0 Å². The molecule has 3 aromatic rings. The summed E-state index contributed by atoms with van der Waals surface area (Å²) in [4.78, 5) is 33.5. The molecule has 3 N–H and O–H groups in total. The Morgan fingerprint density at radius 1 is 1.13 bits per heavy atom. The van der Waals surface area contributed by atoms with Crippen LogP contribution in [0.15, 0.2) is 66.0 Å². The molecule has 39 heavy (non-hydrogen) atoms. The van der Waals surface area contributed by atoms with Crippen molar-refractivity contribution in [3.63, 3.8) is 0 Å². The largest absolute Gasteiger partial charge is 0.449 e. The highest BCUT2D eigenvalue weighted by Crippen LogP contribution is 2.27. The monoisotopic (exact) mass is 549 g/mol. The number of ether oxygens (including phenoxy) is 1. The highest BCUT2D eigenvalue weighted by atomic mass is 32.2. The van der Waals surface area contributed by atoms with Crippen LogP contribution in [0.3, 0.4) is 0 Å². The minimum absolute atomic E-state index is 0.0836. The second-order valence-corrected chi connectivity index (χ2v) is 12.0. The lowest BCUT2D eigenvalue weighted by Gasteiger charge is -2.34. The van der Waals surface area contributed by atoms with Gasteiger partial charge in [-0.15, -0.1) is 0 Å². The maximum atomic E-state index is 13.4. The number of piperidine rings is 1. The van der Waals surface area contributed by atoms with Gasteiger partial charge in [0, 0.05) is 19.5 Å². The SMILES string of the molecule is Cc1ccc(S(=O)(=O)COC(=O)C2CNCC(C(=O)NC(C)(Cc3ccc(C#N)cc3)c3cnc[nH]3)C2)cc1. The predicted molar refractivity (Wildman–Crippen MR) is 143 cm³/mol. The molecule has 0 radical (unpaired) electrons. The normalized spacial score (nSPS) is 18.9. The number of rotatable bonds is 9. The van der Waals surface area contributed by atoms with Gasteiger partial charge in [0.05, 0.1) is 52.1 Å². The number of H-pyrrole nitrogens is 1. The fraction of sp³-hybridized carbons (Fsp3) is 0.357. The van der Waals surface area contributed by atoms with Crippen molar-refractivity contribution in [1.82, 2.24) is 20.6 Å². The van der Waals surface area contributed by atoms with Gasteiger partial charge in [0.1, 0.15) is 0 Å². The molecule has 3 atom stereocenters. The molecular weight excluding hydrogens is 518 g/mol. The van der Waals surface area contributed by atoms with Crippen LogP contribution in [0.25, 0.3) is 0 Å². The summed E-state index contributed by atoms with van der Waals surface area (Å²) in [6.45, 7) is 4.39. The van der Waals surface area contributed by atoms with Crippen molar-refractivity contribution in [1.29, 1.82) is 5.26 Å². The summed E-state index contributed by atoms with van der Waals surface area (Å²) in [5.41, 5.74) is 2.26. The molecule has 1 saturated heterocycles. The average molecular weight is 550 g/mol. The lowest BCUT2D eigenvalue weighted by Crippen LogP contribution is -2.52. The second-order valence-electron chi connectivity index (χ2n) is 10.1. The molecule has 2 aromatic carbocycles. The van der Waals surface area contributed by atoms with Gasteiger partial charge < -0.3 is 20.4 Å². The van der Waals surface area contributed by atoms with Gasteiger partial charge in [0.25, 0.3) is 0 Å². The van der Waals surface area contributed by atoms with Crippen molar-refractivity contribution in [2.24, 2.45) is 11.8 Å². The summed E-state index contributed by atoms with van der Waals surface area (Å²) in [7, 11) is -3.79. The number of esters is 1. The molecule has 2 heterocycles. The van der Waals surface area contributed by atoms with E-state index in [4.69, 9.17) is 10.00 Å². The maximum absolute atomic E-state index is 13.4. The van der Waals surface area contributed by atoms with Crippen LogP contribution in [0.2, 0.25) is 0 Å². The van der Waals surface area contributed by atoms with E-state index < -0.39 is 39.1 Å². The number of benzene rings is 2. The van der Waals surface area contributed by atoms with Gasteiger partial charge >= 0.3 is 5.97 Å². The Hall–Kier alpha value is -4.01. The standard InChI is InChI=1S/C28H31N5O5S/c1-19-3-9-24(10-4-19)39(36,37)18-38-27(35)23-11-22(14-30-15-23)26(34)33-28(2,25-16-31-17-32-25)12-20-5-7-21(13-29)8-6-20/h3-10,16-17,22-23,30H,11-12,14-15,18H2,1-2H3,(H,31,32)(H,33,34). The highest BCUT2D eigenvalue weighted by Gasteiger charge is 2.37. The number of aromatic amines is 1. The Morgan fingerprint density at radius 3 is 2.46 bits per heavy atom. The third-order valence-corrected chi connectivity index (χ3v) is 8.34. The Morgan fingerprint density at radius 2 is 1.82 bits per heavy atom. The van der Waals surface area contributed by atoms with Gasteiger partial charge in [-0.1, -0.05) is 29.8 Å².